The van der Waals surface area contributed by atoms with E-state index in [-0.39, 0.29) is 12.0 Å². The van der Waals surface area contributed by atoms with Crippen molar-refractivity contribution < 1.29 is 14.3 Å². The average molecular weight is 504 g/mol. The Labute approximate surface area is 216 Å². The monoisotopic (exact) mass is 503 g/mol. The molecule has 1 unspecified atom stereocenters. The quantitative estimate of drug-likeness (QED) is 0.431. The molecule has 1 aromatic carbocycles. The molecule has 0 aliphatic carbocycles. The summed E-state index contributed by atoms with van der Waals surface area (Å²) in [7, 11) is 0. The van der Waals surface area contributed by atoms with E-state index in [2.05, 4.69) is 21.0 Å². The fraction of sp³-hybridized carbons (Fsp3) is 0.407. The Hall–Kier alpha value is -3.92. The van der Waals surface area contributed by atoms with Crippen LogP contribution >= 0.6 is 0 Å². The zero-order chi connectivity index (χ0) is 25.6. The van der Waals surface area contributed by atoms with Crippen LogP contribution in [0.15, 0.2) is 48.7 Å². The number of pyridine rings is 1. The normalized spacial score (nSPS) is 17.5. The van der Waals surface area contributed by atoms with Gasteiger partial charge in [-0.15, -0.1) is 5.10 Å². The Bertz CT molecular complexity index is 1280. The van der Waals surface area contributed by atoms with Gasteiger partial charge in [0.1, 0.15) is 0 Å². The van der Waals surface area contributed by atoms with Crippen molar-refractivity contribution in [3.63, 3.8) is 0 Å². The van der Waals surface area contributed by atoms with Crippen molar-refractivity contribution >= 4 is 34.9 Å². The smallest absolute Gasteiger partial charge is 0.410 e. The van der Waals surface area contributed by atoms with Crippen LogP contribution in [-0.2, 0) is 4.74 Å². The van der Waals surface area contributed by atoms with Gasteiger partial charge in [-0.25, -0.2) is 9.31 Å². The van der Waals surface area contributed by atoms with Crippen molar-refractivity contribution in [2.24, 2.45) is 0 Å². The van der Waals surface area contributed by atoms with Crippen LogP contribution in [0.3, 0.4) is 0 Å². The van der Waals surface area contributed by atoms with E-state index in [1.165, 1.54) is 12.8 Å². The first-order valence-electron chi connectivity index (χ1n) is 13.0. The minimum absolute atomic E-state index is 0.0673. The van der Waals surface area contributed by atoms with Gasteiger partial charge in [0, 0.05) is 48.7 Å². The fourth-order valence-electron chi connectivity index (χ4n) is 4.80. The Morgan fingerprint density at radius 3 is 2.81 bits per heavy atom. The summed E-state index contributed by atoms with van der Waals surface area (Å²) in [4.78, 5) is 30.9. The third kappa shape index (κ3) is 5.91. The number of nitrogens with one attached hydrogen (secondary N) is 3. The highest BCUT2D eigenvalue weighted by atomic mass is 16.6. The summed E-state index contributed by atoms with van der Waals surface area (Å²) in [5, 5.41) is 14.2. The molecule has 2 aliphatic heterocycles. The van der Waals surface area contributed by atoms with Gasteiger partial charge in [-0.1, -0.05) is 6.08 Å². The molecule has 3 aromatic rings. The number of anilines is 2. The molecule has 2 amide bonds. The summed E-state index contributed by atoms with van der Waals surface area (Å²) >= 11 is 0. The number of carbonyl (C=O) groups is 2. The lowest BCUT2D eigenvalue weighted by molar-refractivity contribution is 0.0952. The maximum Gasteiger partial charge on any atom is 0.410 e. The van der Waals surface area contributed by atoms with Crippen LogP contribution in [0.5, 0.6) is 0 Å². The number of rotatable bonds is 8. The second kappa shape index (κ2) is 11.4. The molecule has 3 N–H and O–H groups in total. The minimum Gasteiger partial charge on any atom is -0.450 e. The number of hydrogen-bond acceptors (Lipinski definition) is 7. The summed E-state index contributed by atoms with van der Waals surface area (Å²) in [6, 6.07) is 11.8. The van der Waals surface area contributed by atoms with E-state index in [9.17, 15) is 9.59 Å². The molecule has 0 bridgehead atoms. The molecule has 5 rings (SSSR count). The standard InChI is InChI=1S/C27H33N7O3/c1-2-37-27(36)33-17-12-19(13-18-33)23-6-4-16-34-24(23)31-26(32-34)30-22-9-7-20(8-10-22)25(35)29-15-11-21-5-3-14-28-21/h4,6-10,12,16,21,28H,2-3,5,11,13-15,17-18H2,1H3,(H,29,35)(H,30,32). The third-order valence-electron chi connectivity index (χ3n) is 6.79. The van der Waals surface area contributed by atoms with Gasteiger partial charge >= 0.3 is 6.09 Å². The Morgan fingerprint density at radius 2 is 2.08 bits per heavy atom. The van der Waals surface area contributed by atoms with E-state index >= 15 is 0 Å². The van der Waals surface area contributed by atoms with Crippen molar-refractivity contribution in [2.75, 3.05) is 38.1 Å². The molecule has 2 aliphatic rings. The summed E-state index contributed by atoms with van der Waals surface area (Å²) in [6.07, 6.45) is 7.69. The topological polar surface area (TPSA) is 113 Å². The molecule has 0 saturated carbocycles. The molecule has 0 spiro atoms. The molecule has 37 heavy (non-hydrogen) atoms. The predicted octanol–water partition coefficient (Wildman–Crippen LogP) is 3.59. The molecule has 1 atom stereocenters. The SMILES string of the molecule is CCOC(=O)N1CC=C(c2cccn3nc(Nc4ccc(C(=O)NCCC5CCCN5)cc4)nc23)CC1. The van der Waals surface area contributed by atoms with Crippen molar-refractivity contribution in [1.82, 2.24) is 30.1 Å². The summed E-state index contributed by atoms with van der Waals surface area (Å²) in [5.41, 5.74) is 4.28. The highest BCUT2D eigenvalue weighted by Gasteiger charge is 2.21. The number of benzene rings is 1. The van der Waals surface area contributed by atoms with Gasteiger partial charge in [0.15, 0.2) is 5.65 Å². The van der Waals surface area contributed by atoms with Crippen molar-refractivity contribution in [1.29, 1.82) is 0 Å². The van der Waals surface area contributed by atoms with E-state index in [1.54, 1.807) is 21.5 Å². The maximum atomic E-state index is 12.5. The third-order valence-corrected chi connectivity index (χ3v) is 6.79. The first-order valence-corrected chi connectivity index (χ1v) is 13.0. The van der Waals surface area contributed by atoms with Crippen LogP contribution in [0.4, 0.5) is 16.4 Å². The second-order valence-electron chi connectivity index (χ2n) is 9.29. The lowest BCUT2D eigenvalue weighted by atomic mass is 10.0. The second-order valence-corrected chi connectivity index (χ2v) is 9.29. The van der Waals surface area contributed by atoms with Crippen molar-refractivity contribution in [3.05, 3.63) is 59.8 Å². The lowest BCUT2D eigenvalue weighted by Crippen LogP contribution is -2.35. The summed E-state index contributed by atoms with van der Waals surface area (Å²) < 4.78 is 6.85. The molecule has 194 valence electrons. The summed E-state index contributed by atoms with van der Waals surface area (Å²) in [5.74, 6) is 0.403. The first-order chi connectivity index (χ1) is 18.1. The zero-order valence-corrected chi connectivity index (χ0v) is 21.1. The van der Waals surface area contributed by atoms with E-state index in [0.29, 0.717) is 43.8 Å². The Morgan fingerprint density at radius 1 is 1.22 bits per heavy atom. The van der Waals surface area contributed by atoms with Crippen LogP contribution in [0, 0.1) is 0 Å². The Kier molecular flexibility index (Phi) is 7.65. The number of amides is 2. The van der Waals surface area contributed by atoms with Crippen molar-refractivity contribution in [2.45, 2.75) is 38.6 Å². The lowest BCUT2D eigenvalue weighted by Gasteiger charge is -2.25. The number of ether oxygens (including phenoxy) is 1. The van der Waals surface area contributed by atoms with Gasteiger partial charge in [-0.3, -0.25) is 4.79 Å². The predicted molar refractivity (Wildman–Crippen MR) is 142 cm³/mol. The molecular formula is C27H33N7O3. The van der Waals surface area contributed by atoms with E-state index in [0.717, 1.165) is 41.9 Å². The number of carbonyl (C=O) groups excluding carboxylic acids is 2. The maximum absolute atomic E-state index is 12.5. The van der Waals surface area contributed by atoms with E-state index in [4.69, 9.17) is 9.72 Å². The largest absolute Gasteiger partial charge is 0.450 e. The van der Waals surface area contributed by atoms with E-state index < -0.39 is 0 Å². The highest BCUT2D eigenvalue weighted by Crippen LogP contribution is 2.26. The van der Waals surface area contributed by atoms with Gasteiger partial charge < -0.3 is 25.6 Å². The summed E-state index contributed by atoms with van der Waals surface area (Å²) in [6.45, 7) is 5.02. The molecule has 2 aromatic heterocycles. The highest BCUT2D eigenvalue weighted by molar-refractivity contribution is 5.94. The van der Waals surface area contributed by atoms with Gasteiger partial charge in [0.25, 0.3) is 5.91 Å². The van der Waals surface area contributed by atoms with Gasteiger partial charge in [-0.2, -0.15) is 4.98 Å². The Balaban J connectivity index is 1.22. The van der Waals surface area contributed by atoms with Crippen LogP contribution in [0.1, 0.15) is 48.5 Å². The molecule has 1 fully saturated rings. The molecule has 0 radical (unpaired) electrons. The molecule has 10 heteroatoms. The van der Waals surface area contributed by atoms with Crippen LogP contribution in [-0.4, -0.2) is 70.3 Å². The number of hydrogen-bond donors (Lipinski definition) is 3. The molecule has 1 saturated heterocycles. The number of aromatic nitrogens is 3. The number of fused-ring (bicyclic) bond motifs is 1. The van der Waals surface area contributed by atoms with Gasteiger partial charge in [-0.05, 0) is 81.1 Å². The minimum atomic E-state index is -0.283. The van der Waals surface area contributed by atoms with Gasteiger partial charge in [0.05, 0.1) is 6.61 Å². The molecular weight excluding hydrogens is 470 g/mol. The van der Waals surface area contributed by atoms with Crippen molar-refractivity contribution in [3.8, 4) is 0 Å². The fourth-order valence-corrected chi connectivity index (χ4v) is 4.80. The first kappa shape index (κ1) is 24.8. The van der Waals surface area contributed by atoms with Crippen LogP contribution in [0.2, 0.25) is 0 Å². The van der Waals surface area contributed by atoms with Crippen LogP contribution in [0.25, 0.3) is 11.2 Å². The molecule has 10 nitrogen and oxygen atoms in total. The zero-order valence-electron chi connectivity index (χ0n) is 21.1. The number of nitrogens with zero attached hydrogens (tertiary/aromatic N) is 4. The van der Waals surface area contributed by atoms with Gasteiger partial charge in [0.2, 0.25) is 5.95 Å². The van der Waals surface area contributed by atoms with E-state index in [1.807, 2.05) is 43.5 Å². The van der Waals surface area contributed by atoms with Crippen LogP contribution < -0.4 is 16.0 Å². The molecule has 4 heterocycles. The average Bonchev–Trinajstić information content (AvgIpc) is 3.59.